The maximum Gasteiger partial charge on any atom is 0.254 e. The van der Waals surface area contributed by atoms with Crippen LogP contribution in [0.15, 0.2) is 6.07 Å². The molecule has 0 saturated carbocycles. The number of nitrogens with zero attached hydrogens (tertiary/aromatic N) is 4. The molecule has 2 aromatic rings. The van der Waals surface area contributed by atoms with Crippen molar-refractivity contribution in [3.8, 4) is 0 Å². The number of piperidine rings is 1. The lowest BCUT2D eigenvalue weighted by Crippen LogP contribution is -2.44. The Morgan fingerprint density at radius 2 is 1.79 bits per heavy atom. The highest BCUT2D eigenvalue weighted by molar-refractivity contribution is 6.06. The summed E-state index contributed by atoms with van der Waals surface area (Å²) in [6, 6.07) is 2.49. The molecule has 1 N–H and O–H groups in total. The van der Waals surface area contributed by atoms with Gasteiger partial charge in [-0.2, -0.15) is 5.10 Å². The van der Waals surface area contributed by atoms with E-state index in [0.717, 1.165) is 53.9 Å². The summed E-state index contributed by atoms with van der Waals surface area (Å²) in [5.74, 6) is 0.356. The van der Waals surface area contributed by atoms with Crippen LogP contribution in [0.25, 0.3) is 11.0 Å². The highest BCUT2D eigenvalue weighted by atomic mass is 35.5. The molecule has 1 amide bonds. The van der Waals surface area contributed by atoms with Crippen molar-refractivity contribution in [1.29, 1.82) is 0 Å². The van der Waals surface area contributed by atoms with Crippen LogP contribution in [0.2, 0.25) is 0 Å². The molecule has 3 rings (SSSR count). The van der Waals surface area contributed by atoms with Gasteiger partial charge in [-0.3, -0.25) is 4.79 Å². The number of nitrogens with one attached hydrogen (secondary N) is 1. The smallest absolute Gasteiger partial charge is 0.254 e. The number of carbonyl (C=O) groups is 1. The zero-order valence-electron chi connectivity index (χ0n) is 18.6. The second-order valence-electron chi connectivity index (χ2n) is 8.97. The molecular weight excluding hydrogens is 409 g/mol. The number of hydrogen-bond donors (Lipinski definition) is 1. The first-order chi connectivity index (χ1) is 12.6. The van der Waals surface area contributed by atoms with Crippen molar-refractivity contribution in [3.63, 3.8) is 0 Å². The summed E-state index contributed by atoms with van der Waals surface area (Å²) in [6.45, 7) is 14.1. The number of pyridine rings is 1. The molecule has 0 aliphatic carbocycles. The third-order valence-electron chi connectivity index (χ3n) is 5.48. The van der Waals surface area contributed by atoms with E-state index in [1.807, 2.05) is 29.6 Å². The number of fused-ring (bicyclic) bond motifs is 1. The molecule has 0 radical (unpaired) electrons. The summed E-state index contributed by atoms with van der Waals surface area (Å²) in [5, 5.41) is 8.97. The zero-order valence-corrected chi connectivity index (χ0v) is 20.2. The van der Waals surface area contributed by atoms with Crippen LogP contribution in [-0.4, -0.2) is 51.8 Å². The van der Waals surface area contributed by atoms with Gasteiger partial charge in [0.2, 0.25) is 0 Å². The van der Waals surface area contributed by atoms with Crippen molar-refractivity contribution in [2.45, 2.75) is 71.9 Å². The molecular formula is C21H35Cl2N5O. The number of likely N-dealkylation sites (tertiary alicyclic amines) is 1. The molecule has 0 bridgehead atoms. The molecule has 0 atom stereocenters. The van der Waals surface area contributed by atoms with E-state index >= 15 is 0 Å². The molecule has 2 aromatic heterocycles. The summed E-state index contributed by atoms with van der Waals surface area (Å²) in [6.07, 6.45) is 1.99. The monoisotopic (exact) mass is 443 g/mol. The van der Waals surface area contributed by atoms with Crippen LogP contribution in [0.4, 0.5) is 0 Å². The molecule has 1 aliphatic rings. The van der Waals surface area contributed by atoms with Gasteiger partial charge in [0.15, 0.2) is 5.65 Å². The maximum absolute atomic E-state index is 13.4. The van der Waals surface area contributed by atoms with Crippen LogP contribution in [0.5, 0.6) is 0 Å². The molecule has 1 fully saturated rings. The van der Waals surface area contributed by atoms with Crippen molar-refractivity contribution in [3.05, 3.63) is 23.0 Å². The van der Waals surface area contributed by atoms with E-state index < -0.39 is 0 Å². The Labute approximate surface area is 186 Å². The van der Waals surface area contributed by atoms with Crippen molar-refractivity contribution in [2.24, 2.45) is 0 Å². The van der Waals surface area contributed by atoms with Gasteiger partial charge in [0, 0.05) is 24.8 Å². The van der Waals surface area contributed by atoms with Gasteiger partial charge in [-0.05, 0) is 59.6 Å². The number of carbonyl (C=O) groups excluding carboxylic acids is 1. The van der Waals surface area contributed by atoms with E-state index in [4.69, 9.17) is 10.1 Å². The summed E-state index contributed by atoms with van der Waals surface area (Å²) in [5.41, 5.74) is 3.19. The molecule has 164 valence electrons. The van der Waals surface area contributed by atoms with E-state index in [1.165, 1.54) is 0 Å². The standard InChI is InChI=1S/C21H33N5O.2ClH/c1-13(2)17-12-16(20(27)25-10-8-15(22-7)9-11-25)18-14(3)24-26(19(18)23-17)21(4,5)6;;/h12-13,15,22H,8-11H2,1-7H3;2*1H. The summed E-state index contributed by atoms with van der Waals surface area (Å²) in [4.78, 5) is 20.3. The van der Waals surface area contributed by atoms with Gasteiger partial charge in [-0.25, -0.2) is 9.67 Å². The lowest BCUT2D eigenvalue weighted by atomic mass is 10.0. The highest BCUT2D eigenvalue weighted by Gasteiger charge is 2.29. The van der Waals surface area contributed by atoms with E-state index in [2.05, 4.69) is 39.9 Å². The molecule has 3 heterocycles. The predicted octanol–water partition coefficient (Wildman–Crippen LogP) is 4.29. The molecule has 1 saturated heterocycles. The van der Waals surface area contributed by atoms with Gasteiger partial charge >= 0.3 is 0 Å². The minimum absolute atomic E-state index is 0. The van der Waals surface area contributed by atoms with Crippen LogP contribution >= 0.6 is 24.8 Å². The minimum Gasteiger partial charge on any atom is -0.339 e. The Morgan fingerprint density at radius 1 is 1.21 bits per heavy atom. The lowest BCUT2D eigenvalue weighted by Gasteiger charge is -2.32. The van der Waals surface area contributed by atoms with E-state index in [0.29, 0.717) is 6.04 Å². The topological polar surface area (TPSA) is 63.1 Å². The molecule has 0 unspecified atom stereocenters. The van der Waals surface area contributed by atoms with Crippen LogP contribution in [0.1, 0.15) is 75.1 Å². The van der Waals surface area contributed by atoms with Crippen LogP contribution in [0, 0.1) is 6.92 Å². The third kappa shape index (κ3) is 5.04. The second kappa shape index (κ2) is 9.63. The first kappa shape index (κ1) is 25.7. The largest absolute Gasteiger partial charge is 0.339 e. The van der Waals surface area contributed by atoms with Crippen molar-refractivity contribution in [1.82, 2.24) is 25.0 Å². The number of amides is 1. The zero-order chi connectivity index (χ0) is 19.9. The number of hydrogen-bond acceptors (Lipinski definition) is 4. The van der Waals surface area contributed by atoms with E-state index in [-0.39, 0.29) is 42.2 Å². The van der Waals surface area contributed by atoms with Gasteiger partial charge in [0.05, 0.1) is 22.2 Å². The number of halogens is 2. The SMILES string of the molecule is CNC1CCN(C(=O)c2cc(C(C)C)nc3c2c(C)nn3C(C)(C)C)CC1.Cl.Cl. The van der Waals surface area contributed by atoms with Gasteiger partial charge in [0.1, 0.15) is 0 Å². The minimum atomic E-state index is -0.194. The quantitative estimate of drug-likeness (QED) is 0.768. The van der Waals surface area contributed by atoms with Crippen LogP contribution < -0.4 is 5.32 Å². The Morgan fingerprint density at radius 3 is 2.28 bits per heavy atom. The third-order valence-corrected chi connectivity index (χ3v) is 5.48. The molecule has 8 heteroatoms. The average Bonchev–Trinajstić information content (AvgIpc) is 2.97. The Hall–Kier alpha value is -1.37. The number of rotatable bonds is 3. The van der Waals surface area contributed by atoms with E-state index in [1.54, 1.807) is 0 Å². The molecule has 29 heavy (non-hydrogen) atoms. The Balaban J connectivity index is 0.00000210. The predicted molar refractivity (Wildman–Crippen MR) is 124 cm³/mol. The Bertz CT molecular complexity index is 849. The molecule has 0 aromatic carbocycles. The first-order valence-corrected chi connectivity index (χ1v) is 10.0. The molecule has 1 aliphatic heterocycles. The average molecular weight is 444 g/mol. The number of aromatic nitrogens is 3. The van der Waals surface area contributed by atoms with Gasteiger partial charge in [-0.15, -0.1) is 24.8 Å². The fourth-order valence-electron chi connectivity index (χ4n) is 3.78. The summed E-state index contributed by atoms with van der Waals surface area (Å²) >= 11 is 0. The van der Waals surface area contributed by atoms with Crippen molar-refractivity contribution >= 4 is 41.8 Å². The van der Waals surface area contributed by atoms with Crippen molar-refractivity contribution < 1.29 is 4.79 Å². The number of aryl methyl sites for hydroxylation is 1. The summed E-state index contributed by atoms with van der Waals surface area (Å²) in [7, 11) is 1.99. The van der Waals surface area contributed by atoms with Crippen LogP contribution in [-0.2, 0) is 5.54 Å². The lowest BCUT2D eigenvalue weighted by molar-refractivity contribution is 0.0709. The Kier molecular flexibility index (Phi) is 8.52. The van der Waals surface area contributed by atoms with Crippen LogP contribution in [0.3, 0.4) is 0 Å². The van der Waals surface area contributed by atoms with Gasteiger partial charge < -0.3 is 10.2 Å². The van der Waals surface area contributed by atoms with Crippen molar-refractivity contribution in [2.75, 3.05) is 20.1 Å². The fourth-order valence-corrected chi connectivity index (χ4v) is 3.78. The molecule has 6 nitrogen and oxygen atoms in total. The normalized spacial score (nSPS) is 15.4. The molecule has 0 spiro atoms. The maximum atomic E-state index is 13.4. The second-order valence-corrected chi connectivity index (χ2v) is 8.97. The van der Waals surface area contributed by atoms with E-state index in [9.17, 15) is 4.79 Å². The first-order valence-electron chi connectivity index (χ1n) is 10.0. The van der Waals surface area contributed by atoms with Gasteiger partial charge in [0.25, 0.3) is 5.91 Å². The highest BCUT2D eigenvalue weighted by Crippen LogP contribution is 2.30. The van der Waals surface area contributed by atoms with Gasteiger partial charge in [-0.1, -0.05) is 13.8 Å². The fraction of sp³-hybridized carbons (Fsp3) is 0.667. The summed E-state index contributed by atoms with van der Waals surface area (Å²) < 4.78 is 1.97.